The Morgan fingerprint density at radius 2 is 1.71 bits per heavy atom. The number of anilines is 1. The monoisotopic (exact) mass is 575 g/mol. The van der Waals surface area contributed by atoms with Crippen molar-refractivity contribution >= 4 is 17.7 Å². The number of hydrogen-bond acceptors (Lipinski definition) is 6. The van der Waals surface area contributed by atoms with Gasteiger partial charge >= 0.3 is 12.1 Å². The van der Waals surface area contributed by atoms with Gasteiger partial charge in [-0.2, -0.15) is 18.2 Å². The number of nitrogens with one attached hydrogen (secondary N) is 1. The van der Waals surface area contributed by atoms with E-state index in [1.165, 1.54) is 7.11 Å². The summed E-state index contributed by atoms with van der Waals surface area (Å²) in [5, 5.41) is 3.26. The van der Waals surface area contributed by atoms with Gasteiger partial charge in [-0.05, 0) is 36.8 Å². The summed E-state index contributed by atoms with van der Waals surface area (Å²) in [6.45, 7) is 7.76. The summed E-state index contributed by atoms with van der Waals surface area (Å²) >= 11 is 0. The van der Waals surface area contributed by atoms with Crippen LogP contribution in [0, 0.1) is 17.3 Å². The molecule has 0 radical (unpaired) electrons. The largest absolute Gasteiger partial charge is 0.481 e. The van der Waals surface area contributed by atoms with Crippen LogP contribution in [0.15, 0.2) is 42.5 Å². The van der Waals surface area contributed by atoms with Crippen LogP contribution in [0.4, 0.5) is 19.0 Å². The van der Waals surface area contributed by atoms with Gasteiger partial charge < -0.3 is 19.7 Å². The van der Waals surface area contributed by atoms with Crippen molar-refractivity contribution in [1.82, 2.24) is 9.88 Å². The Hall–Kier alpha value is -3.30. The van der Waals surface area contributed by atoms with E-state index < -0.39 is 47.2 Å². The number of pyridine rings is 1. The summed E-state index contributed by atoms with van der Waals surface area (Å²) in [5.74, 6) is -1.65. The van der Waals surface area contributed by atoms with Gasteiger partial charge in [0.25, 0.3) is 0 Å². The van der Waals surface area contributed by atoms with Gasteiger partial charge in [0.1, 0.15) is 11.9 Å². The van der Waals surface area contributed by atoms with Crippen molar-refractivity contribution in [2.45, 2.75) is 84.1 Å². The summed E-state index contributed by atoms with van der Waals surface area (Å²) in [6.07, 6.45) is -0.231. The number of carbonyl (C=O) groups excluding carboxylic acids is 2. The third kappa shape index (κ3) is 6.62. The average Bonchev–Trinajstić information content (AvgIpc) is 3.28. The van der Waals surface area contributed by atoms with Crippen LogP contribution in [0.1, 0.15) is 77.0 Å². The molecule has 10 heteroatoms. The molecule has 1 saturated carbocycles. The van der Waals surface area contributed by atoms with E-state index in [2.05, 4.69) is 10.3 Å². The number of nitrogens with zero attached hydrogens (tertiary/aromatic N) is 2. The van der Waals surface area contributed by atoms with Crippen molar-refractivity contribution in [2.24, 2.45) is 17.3 Å². The minimum atomic E-state index is -4.62. The molecule has 1 aromatic carbocycles. The first-order valence-electron chi connectivity index (χ1n) is 14.3. The Morgan fingerprint density at radius 3 is 2.27 bits per heavy atom. The topological polar surface area (TPSA) is 80.8 Å². The molecule has 0 spiro atoms. The molecule has 1 aliphatic heterocycles. The second-order valence-electron chi connectivity index (χ2n) is 12.0. The van der Waals surface area contributed by atoms with Gasteiger partial charge in [0.05, 0.1) is 31.4 Å². The number of hydrogen-bond donors (Lipinski definition) is 1. The summed E-state index contributed by atoms with van der Waals surface area (Å²) in [6, 6.07) is 8.84. The van der Waals surface area contributed by atoms with Gasteiger partial charge in [0, 0.05) is 17.9 Å². The fourth-order valence-electron chi connectivity index (χ4n) is 6.45. The Bertz CT molecular complexity index is 1210. The number of ether oxygens (including phenoxy) is 2. The number of amides is 1. The lowest BCUT2D eigenvalue weighted by atomic mass is 9.72. The van der Waals surface area contributed by atoms with E-state index in [1.807, 2.05) is 51.1 Å². The van der Waals surface area contributed by atoms with Crippen molar-refractivity contribution in [2.75, 3.05) is 19.0 Å². The van der Waals surface area contributed by atoms with Crippen LogP contribution >= 0.6 is 0 Å². The molecule has 1 amide bonds. The Morgan fingerprint density at radius 1 is 1.05 bits per heavy atom. The Balaban J connectivity index is 1.91. The highest BCUT2D eigenvalue weighted by Crippen LogP contribution is 2.50. The van der Waals surface area contributed by atoms with E-state index in [0.717, 1.165) is 49.8 Å². The summed E-state index contributed by atoms with van der Waals surface area (Å²) in [5.41, 5.74) is -0.699. The van der Waals surface area contributed by atoms with E-state index in [0.29, 0.717) is 0 Å². The molecular formula is C31H40F3N3O4. The first-order valence-corrected chi connectivity index (χ1v) is 14.3. The summed E-state index contributed by atoms with van der Waals surface area (Å²) in [4.78, 5) is 34.1. The molecule has 4 unspecified atom stereocenters. The molecule has 2 heterocycles. The molecule has 2 fully saturated rings. The predicted octanol–water partition coefficient (Wildman–Crippen LogP) is 6.65. The van der Waals surface area contributed by atoms with Crippen LogP contribution in [0.3, 0.4) is 0 Å². The smallest absolute Gasteiger partial charge is 0.416 e. The molecule has 2 aromatic rings. The fourth-order valence-corrected chi connectivity index (χ4v) is 6.45. The van der Waals surface area contributed by atoms with E-state index in [1.54, 1.807) is 11.8 Å². The first-order chi connectivity index (χ1) is 19.4. The molecule has 1 N–H and O–H groups in total. The highest BCUT2D eigenvalue weighted by molar-refractivity contribution is 5.88. The number of esters is 1. The predicted molar refractivity (Wildman–Crippen MR) is 149 cm³/mol. The lowest BCUT2D eigenvalue weighted by molar-refractivity contribution is -0.158. The number of methoxy groups -OCH3 is 1. The zero-order chi connectivity index (χ0) is 29.9. The maximum absolute atomic E-state index is 14.4. The van der Waals surface area contributed by atoms with Crippen molar-refractivity contribution in [1.29, 1.82) is 0 Å². The van der Waals surface area contributed by atoms with E-state index in [9.17, 15) is 22.8 Å². The van der Waals surface area contributed by atoms with Crippen molar-refractivity contribution in [3.63, 3.8) is 0 Å². The van der Waals surface area contributed by atoms with Crippen molar-refractivity contribution in [3.8, 4) is 5.88 Å². The summed E-state index contributed by atoms with van der Waals surface area (Å²) in [7, 11) is 1.26. The molecule has 4 atom stereocenters. The molecule has 0 bridgehead atoms. The lowest BCUT2D eigenvalue weighted by Crippen LogP contribution is -2.49. The number of rotatable bonds is 7. The van der Waals surface area contributed by atoms with E-state index in [4.69, 9.17) is 9.47 Å². The minimum Gasteiger partial charge on any atom is -0.481 e. The lowest BCUT2D eigenvalue weighted by Gasteiger charge is -2.36. The zero-order valence-electron chi connectivity index (χ0n) is 24.3. The standard InChI is InChI=1S/C31H40F3N3O4/c1-6-41-29(39)27-24(30(2,3)4)25(36-22-17-21(31(32,33)34)18-23(35-22)40-5)26(19-13-9-7-10-14-19)37(27)28(38)20-15-11-8-12-16-20/h7,9-10,13-14,17-18,20,24-27H,6,8,11-12,15-16H2,1-5H3,(H,35,36). The molecule has 41 heavy (non-hydrogen) atoms. The number of aromatic nitrogens is 1. The van der Waals surface area contributed by atoms with Crippen molar-refractivity contribution < 1.29 is 32.2 Å². The van der Waals surface area contributed by atoms with Crippen LogP contribution in [0.2, 0.25) is 0 Å². The quantitative estimate of drug-likeness (QED) is 0.373. The van der Waals surface area contributed by atoms with E-state index >= 15 is 0 Å². The molecule has 4 rings (SSSR count). The van der Waals surface area contributed by atoms with Crippen LogP contribution in [0.5, 0.6) is 5.88 Å². The third-order valence-electron chi connectivity index (χ3n) is 8.20. The SMILES string of the molecule is CCOC(=O)C1C(C(C)(C)C)C(Nc2cc(C(F)(F)F)cc(OC)n2)C(c2ccccc2)N1C(=O)C1CCCCC1. The number of carbonyl (C=O) groups is 2. The minimum absolute atomic E-state index is 0.0496. The molecule has 1 aliphatic carbocycles. The Kier molecular flexibility index (Phi) is 9.19. The third-order valence-corrected chi connectivity index (χ3v) is 8.20. The number of benzene rings is 1. The fraction of sp³-hybridized carbons (Fsp3) is 0.581. The molecule has 1 aromatic heterocycles. The van der Waals surface area contributed by atoms with Gasteiger partial charge in [-0.1, -0.05) is 70.4 Å². The van der Waals surface area contributed by atoms with E-state index in [-0.39, 0.29) is 30.1 Å². The zero-order valence-corrected chi connectivity index (χ0v) is 24.3. The number of alkyl halides is 3. The van der Waals surface area contributed by atoms with Gasteiger partial charge in [-0.25, -0.2) is 4.79 Å². The first kappa shape index (κ1) is 30.7. The summed E-state index contributed by atoms with van der Waals surface area (Å²) < 4.78 is 52.1. The second kappa shape index (κ2) is 12.3. The molecule has 1 saturated heterocycles. The highest BCUT2D eigenvalue weighted by Gasteiger charge is 2.59. The molecule has 7 nitrogen and oxygen atoms in total. The van der Waals surface area contributed by atoms with Gasteiger partial charge in [-0.15, -0.1) is 0 Å². The van der Waals surface area contributed by atoms with Gasteiger partial charge in [0.15, 0.2) is 0 Å². The molecule has 2 aliphatic rings. The van der Waals surface area contributed by atoms with Crippen LogP contribution in [-0.2, 0) is 20.5 Å². The normalized spacial score (nSPS) is 23.8. The second-order valence-corrected chi connectivity index (χ2v) is 12.0. The average molecular weight is 576 g/mol. The molecule has 224 valence electrons. The van der Waals surface area contributed by atoms with Crippen LogP contribution < -0.4 is 10.1 Å². The maximum Gasteiger partial charge on any atom is 0.416 e. The number of likely N-dealkylation sites (tertiary alicyclic amines) is 1. The van der Waals surface area contributed by atoms with Crippen LogP contribution in [0.25, 0.3) is 0 Å². The number of halogens is 3. The van der Waals surface area contributed by atoms with Crippen molar-refractivity contribution in [3.05, 3.63) is 53.6 Å². The molecular weight excluding hydrogens is 535 g/mol. The van der Waals surface area contributed by atoms with Gasteiger partial charge in [-0.3, -0.25) is 4.79 Å². The van der Waals surface area contributed by atoms with Crippen LogP contribution in [-0.4, -0.2) is 47.6 Å². The van der Waals surface area contributed by atoms with Gasteiger partial charge in [0.2, 0.25) is 11.8 Å². The Labute approximate surface area is 239 Å². The highest BCUT2D eigenvalue weighted by atomic mass is 19.4. The maximum atomic E-state index is 14.4.